The summed E-state index contributed by atoms with van der Waals surface area (Å²) in [6.45, 7) is 3.24. The van der Waals surface area contributed by atoms with Crippen LogP contribution in [-0.4, -0.2) is 17.5 Å². The van der Waals surface area contributed by atoms with E-state index in [4.69, 9.17) is 10.4 Å². The van der Waals surface area contributed by atoms with E-state index < -0.39 is 12.4 Å². The Labute approximate surface area is 78.7 Å². The smallest absolute Gasteiger partial charge is 0.198 e. The van der Waals surface area contributed by atoms with Crippen LogP contribution in [0.25, 0.3) is 0 Å². The zero-order chi connectivity index (χ0) is 10.3. The number of allylic oxidation sites excluding steroid dienone is 1. The Balaban J connectivity index is 4.51. The van der Waals surface area contributed by atoms with Crippen LogP contribution in [0.1, 0.15) is 33.1 Å². The summed E-state index contributed by atoms with van der Waals surface area (Å²) >= 11 is 0. The van der Waals surface area contributed by atoms with E-state index in [1.54, 1.807) is 6.92 Å². The third-order valence-electron chi connectivity index (χ3n) is 1.87. The molecule has 0 aromatic rings. The lowest BCUT2D eigenvalue weighted by Gasteiger charge is -2.01. The van der Waals surface area contributed by atoms with Crippen molar-refractivity contribution in [2.75, 3.05) is 6.61 Å². The van der Waals surface area contributed by atoms with Crippen molar-refractivity contribution in [2.24, 2.45) is 0 Å². The van der Waals surface area contributed by atoms with E-state index in [0.29, 0.717) is 0 Å². The molecular weight excluding hydrogens is 166 g/mol. The molecule has 72 valence electrons. The van der Waals surface area contributed by atoms with Crippen molar-refractivity contribution in [3.63, 3.8) is 0 Å². The standard InChI is InChI=1S/C10H15NO2/c1-3-4-5-8(2)9(6-11)10(13)7-12/h12H,3-5,7H2,1-2H3. The Bertz CT molecular complexity index is 248. The average Bonchev–Trinajstić information content (AvgIpc) is 2.15. The molecule has 0 atom stereocenters. The molecule has 1 N–H and O–H groups in total. The van der Waals surface area contributed by atoms with E-state index >= 15 is 0 Å². The molecule has 3 heteroatoms. The number of nitriles is 1. The minimum absolute atomic E-state index is 0.121. The second-order valence-corrected chi connectivity index (χ2v) is 2.95. The van der Waals surface area contributed by atoms with Gasteiger partial charge in [0.2, 0.25) is 0 Å². The Kier molecular flexibility index (Phi) is 5.82. The lowest BCUT2D eigenvalue weighted by atomic mass is 10.0. The van der Waals surface area contributed by atoms with Crippen LogP contribution in [0.3, 0.4) is 0 Å². The minimum Gasteiger partial charge on any atom is -0.388 e. The van der Waals surface area contributed by atoms with Gasteiger partial charge >= 0.3 is 0 Å². The van der Waals surface area contributed by atoms with Crippen LogP contribution in [0.15, 0.2) is 11.1 Å². The number of hydrogen-bond acceptors (Lipinski definition) is 3. The van der Waals surface area contributed by atoms with E-state index in [9.17, 15) is 4.79 Å². The molecule has 0 bridgehead atoms. The first kappa shape index (κ1) is 11.9. The van der Waals surface area contributed by atoms with Crippen molar-refractivity contribution in [1.29, 1.82) is 5.26 Å². The van der Waals surface area contributed by atoms with Gasteiger partial charge in [0, 0.05) is 0 Å². The molecule has 0 spiro atoms. The van der Waals surface area contributed by atoms with Gasteiger partial charge < -0.3 is 5.11 Å². The highest BCUT2D eigenvalue weighted by atomic mass is 16.3. The lowest BCUT2D eigenvalue weighted by Crippen LogP contribution is -2.08. The first-order chi connectivity index (χ1) is 6.17. The van der Waals surface area contributed by atoms with Gasteiger partial charge in [-0.25, -0.2) is 0 Å². The minimum atomic E-state index is -0.577. The molecule has 0 aliphatic carbocycles. The molecule has 0 saturated carbocycles. The molecule has 0 unspecified atom stereocenters. The number of aliphatic hydroxyl groups is 1. The Morgan fingerprint density at radius 3 is 2.54 bits per heavy atom. The van der Waals surface area contributed by atoms with Crippen molar-refractivity contribution < 1.29 is 9.90 Å². The van der Waals surface area contributed by atoms with Gasteiger partial charge in [0.05, 0.1) is 5.57 Å². The number of nitrogens with zero attached hydrogens (tertiary/aromatic N) is 1. The fraction of sp³-hybridized carbons (Fsp3) is 0.600. The van der Waals surface area contributed by atoms with Crippen LogP contribution in [0.2, 0.25) is 0 Å². The molecule has 13 heavy (non-hydrogen) atoms. The maximum Gasteiger partial charge on any atom is 0.198 e. The van der Waals surface area contributed by atoms with Gasteiger partial charge in [-0.3, -0.25) is 4.79 Å². The molecule has 0 saturated heterocycles. The van der Waals surface area contributed by atoms with Crippen molar-refractivity contribution >= 4 is 5.78 Å². The zero-order valence-electron chi connectivity index (χ0n) is 8.13. The number of aliphatic hydroxyl groups excluding tert-OH is 1. The molecular formula is C10H15NO2. The average molecular weight is 181 g/mol. The molecule has 0 amide bonds. The molecule has 0 aromatic carbocycles. The molecule has 0 aliphatic rings. The molecule has 0 radical (unpaired) electrons. The summed E-state index contributed by atoms with van der Waals surface area (Å²) in [5.41, 5.74) is 0.902. The van der Waals surface area contributed by atoms with Gasteiger partial charge in [0.1, 0.15) is 12.7 Å². The molecule has 0 aliphatic heterocycles. The molecule has 0 aromatic heterocycles. The number of rotatable bonds is 5. The highest BCUT2D eigenvalue weighted by molar-refractivity contribution is 6.00. The number of ketones is 1. The Morgan fingerprint density at radius 1 is 1.54 bits per heavy atom. The van der Waals surface area contributed by atoms with E-state index in [1.165, 1.54) is 0 Å². The first-order valence-electron chi connectivity index (χ1n) is 4.41. The van der Waals surface area contributed by atoms with Gasteiger partial charge in [-0.2, -0.15) is 5.26 Å². The zero-order valence-corrected chi connectivity index (χ0v) is 8.13. The number of hydrogen-bond donors (Lipinski definition) is 1. The summed E-state index contributed by atoms with van der Waals surface area (Å²) in [4.78, 5) is 11.0. The summed E-state index contributed by atoms with van der Waals surface area (Å²) < 4.78 is 0. The van der Waals surface area contributed by atoms with Crippen molar-refractivity contribution in [1.82, 2.24) is 0 Å². The summed E-state index contributed by atoms with van der Waals surface area (Å²) in [7, 11) is 0. The Hall–Kier alpha value is -1.14. The van der Waals surface area contributed by atoms with Gasteiger partial charge in [-0.1, -0.05) is 18.9 Å². The predicted molar refractivity (Wildman–Crippen MR) is 49.9 cm³/mol. The normalized spacial score (nSPS) is 11.8. The van der Waals surface area contributed by atoms with Crippen molar-refractivity contribution in [3.8, 4) is 6.07 Å². The number of Topliss-reactive ketones (excluding diaryl/α,β-unsaturated/α-hetero) is 1. The summed E-state index contributed by atoms with van der Waals surface area (Å²) in [5, 5.41) is 17.2. The van der Waals surface area contributed by atoms with Gasteiger partial charge in [0.15, 0.2) is 5.78 Å². The molecule has 0 rings (SSSR count). The molecule has 0 fully saturated rings. The molecule has 3 nitrogen and oxygen atoms in total. The third kappa shape index (κ3) is 3.86. The second kappa shape index (κ2) is 6.38. The topological polar surface area (TPSA) is 61.1 Å². The summed E-state index contributed by atoms with van der Waals surface area (Å²) in [6.07, 6.45) is 2.75. The van der Waals surface area contributed by atoms with Gasteiger partial charge in [-0.05, 0) is 19.8 Å². The fourth-order valence-corrected chi connectivity index (χ4v) is 1.04. The van der Waals surface area contributed by atoms with Crippen LogP contribution >= 0.6 is 0 Å². The van der Waals surface area contributed by atoms with E-state index in [2.05, 4.69) is 0 Å². The highest BCUT2D eigenvalue weighted by Gasteiger charge is 2.10. The lowest BCUT2D eigenvalue weighted by molar-refractivity contribution is -0.117. The van der Waals surface area contributed by atoms with E-state index in [-0.39, 0.29) is 5.57 Å². The SMILES string of the molecule is CCCCC(C)=C(C#N)C(=O)CO. The molecule has 0 heterocycles. The first-order valence-corrected chi connectivity index (χ1v) is 4.41. The fourth-order valence-electron chi connectivity index (χ4n) is 1.04. The Morgan fingerprint density at radius 2 is 2.15 bits per heavy atom. The van der Waals surface area contributed by atoms with Crippen LogP contribution in [0.5, 0.6) is 0 Å². The third-order valence-corrected chi connectivity index (χ3v) is 1.87. The van der Waals surface area contributed by atoms with Crippen molar-refractivity contribution in [3.05, 3.63) is 11.1 Å². The monoisotopic (exact) mass is 181 g/mol. The maximum absolute atomic E-state index is 11.0. The quantitative estimate of drug-likeness (QED) is 0.517. The maximum atomic E-state index is 11.0. The largest absolute Gasteiger partial charge is 0.388 e. The summed E-state index contributed by atoms with van der Waals surface area (Å²) in [6, 6.07) is 1.83. The number of unbranched alkanes of at least 4 members (excludes halogenated alkanes) is 1. The second-order valence-electron chi connectivity index (χ2n) is 2.95. The van der Waals surface area contributed by atoms with E-state index in [0.717, 1.165) is 24.8 Å². The van der Waals surface area contributed by atoms with Gasteiger partial charge in [-0.15, -0.1) is 0 Å². The van der Waals surface area contributed by atoms with Crippen LogP contribution in [0, 0.1) is 11.3 Å². The number of carbonyl (C=O) groups is 1. The number of carbonyl (C=O) groups excluding carboxylic acids is 1. The van der Waals surface area contributed by atoms with Crippen LogP contribution < -0.4 is 0 Å². The highest BCUT2D eigenvalue weighted by Crippen LogP contribution is 2.12. The van der Waals surface area contributed by atoms with E-state index in [1.807, 2.05) is 13.0 Å². The van der Waals surface area contributed by atoms with Crippen LogP contribution in [0.4, 0.5) is 0 Å². The van der Waals surface area contributed by atoms with Crippen molar-refractivity contribution in [2.45, 2.75) is 33.1 Å². The summed E-state index contributed by atoms with van der Waals surface area (Å²) in [5.74, 6) is -0.476. The van der Waals surface area contributed by atoms with Gasteiger partial charge in [0.25, 0.3) is 0 Å². The van der Waals surface area contributed by atoms with Crippen LogP contribution in [-0.2, 0) is 4.79 Å². The predicted octanol–water partition coefficient (Wildman–Crippen LogP) is 1.58.